The summed E-state index contributed by atoms with van der Waals surface area (Å²) in [6.45, 7) is 0. The van der Waals surface area contributed by atoms with Crippen LogP contribution in [0, 0.1) is 0 Å². The van der Waals surface area contributed by atoms with E-state index in [-0.39, 0.29) is 41.3 Å². The van der Waals surface area contributed by atoms with Crippen LogP contribution in [0.3, 0.4) is 0 Å². The highest BCUT2D eigenvalue weighted by molar-refractivity contribution is 8.01. The highest BCUT2D eigenvalue weighted by Gasteiger charge is 2.54. The number of halogens is 2. The Morgan fingerprint density at radius 1 is 1.24 bits per heavy atom. The SMILES string of the molecule is Cn1nnnc1SCC1=C(C(=O)O)N2C(=O)C(NC(=O)CCCC(NC(=O)c3ccc(Cl)cc3Cl)C(=O)O)[C@@H]2SC1. The van der Waals surface area contributed by atoms with Gasteiger partial charge in [0.05, 0.1) is 10.6 Å². The molecule has 14 nitrogen and oxygen atoms in total. The topological polar surface area (TPSA) is 197 Å². The Hall–Kier alpha value is -3.34. The van der Waals surface area contributed by atoms with Gasteiger partial charge in [0, 0.05) is 30.0 Å². The van der Waals surface area contributed by atoms with Crippen LogP contribution >= 0.6 is 46.7 Å². The van der Waals surface area contributed by atoms with Crippen LogP contribution in [-0.4, -0.2) is 93.9 Å². The number of nitrogens with zero attached hydrogens (tertiary/aromatic N) is 5. The number of β-lactam (4-membered cyclic amide) rings is 1. The second-order valence-electron chi connectivity index (χ2n) is 8.97. The van der Waals surface area contributed by atoms with E-state index >= 15 is 0 Å². The molecule has 0 spiro atoms. The number of carbonyl (C=O) groups is 5. The van der Waals surface area contributed by atoms with Gasteiger partial charge in [-0.25, -0.2) is 14.3 Å². The molecule has 2 aliphatic heterocycles. The van der Waals surface area contributed by atoms with Crippen LogP contribution in [0.15, 0.2) is 34.6 Å². The number of rotatable bonds is 12. The van der Waals surface area contributed by atoms with E-state index in [1.54, 1.807) is 7.05 Å². The summed E-state index contributed by atoms with van der Waals surface area (Å²) in [7, 11) is 1.65. The van der Waals surface area contributed by atoms with E-state index in [2.05, 4.69) is 26.2 Å². The van der Waals surface area contributed by atoms with Gasteiger partial charge in [-0.2, -0.15) is 0 Å². The lowest BCUT2D eigenvalue weighted by atomic mass is 10.0. The summed E-state index contributed by atoms with van der Waals surface area (Å²) in [5.41, 5.74) is 0.472. The molecule has 218 valence electrons. The minimum absolute atomic E-state index is 0.0558. The van der Waals surface area contributed by atoms with Crippen molar-refractivity contribution in [1.82, 2.24) is 35.7 Å². The number of aliphatic carboxylic acids is 2. The number of aromatic nitrogens is 4. The highest BCUT2D eigenvalue weighted by Crippen LogP contribution is 2.41. The van der Waals surface area contributed by atoms with Gasteiger partial charge < -0.3 is 20.8 Å². The first-order valence-corrected chi connectivity index (χ1v) is 14.8. The summed E-state index contributed by atoms with van der Waals surface area (Å²) in [6.07, 6.45) is -0.0766. The van der Waals surface area contributed by atoms with Crippen molar-refractivity contribution in [3.63, 3.8) is 0 Å². The zero-order valence-electron chi connectivity index (χ0n) is 21.2. The van der Waals surface area contributed by atoms with Crippen molar-refractivity contribution in [1.29, 1.82) is 0 Å². The lowest BCUT2D eigenvalue weighted by Gasteiger charge is -2.49. The van der Waals surface area contributed by atoms with Crippen LogP contribution in [0.25, 0.3) is 0 Å². The first-order chi connectivity index (χ1) is 19.5. The van der Waals surface area contributed by atoms with Gasteiger partial charge in [0.25, 0.3) is 11.8 Å². The highest BCUT2D eigenvalue weighted by atomic mass is 35.5. The molecule has 3 heterocycles. The molecule has 0 radical (unpaired) electrons. The van der Waals surface area contributed by atoms with Crippen molar-refractivity contribution in [3.05, 3.63) is 45.1 Å². The Morgan fingerprint density at radius 3 is 2.63 bits per heavy atom. The molecule has 2 aliphatic rings. The number of nitrogens with one attached hydrogen (secondary N) is 2. The predicted molar refractivity (Wildman–Crippen MR) is 148 cm³/mol. The molecule has 4 rings (SSSR count). The summed E-state index contributed by atoms with van der Waals surface area (Å²) < 4.78 is 1.45. The van der Waals surface area contributed by atoms with Crippen molar-refractivity contribution < 1.29 is 34.2 Å². The quantitative estimate of drug-likeness (QED) is 0.192. The molecule has 0 bridgehead atoms. The summed E-state index contributed by atoms with van der Waals surface area (Å²) in [5, 5.41) is 35.7. The van der Waals surface area contributed by atoms with Crippen molar-refractivity contribution >= 4 is 76.4 Å². The molecule has 1 saturated heterocycles. The van der Waals surface area contributed by atoms with Crippen LogP contribution in [0.4, 0.5) is 0 Å². The van der Waals surface area contributed by atoms with E-state index in [4.69, 9.17) is 23.2 Å². The average molecular weight is 645 g/mol. The summed E-state index contributed by atoms with van der Waals surface area (Å²) in [5.74, 6) is -3.69. The molecule has 2 unspecified atom stereocenters. The van der Waals surface area contributed by atoms with E-state index in [1.807, 2.05) is 0 Å². The number of carboxylic acid groups (broad SMARTS) is 2. The maximum Gasteiger partial charge on any atom is 0.352 e. The first-order valence-electron chi connectivity index (χ1n) is 12.0. The van der Waals surface area contributed by atoms with E-state index in [9.17, 15) is 34.2 Å². The zero-order chi connectivity index (χ0) is 29.8. The number of thioether (sulfide) groups is 2. The minimum Gasteiger partial charge on any atom is -0.480 e. The summed E-state index contributed by atoms with van der Waals surface area (Å²) in [6, 6.07) is 1.98. The lowest BCUT2D eigenvalue weighted by Crippen LogP contribution is -2.70. The fourth-order valence-corrected chi connectivity index (χ4v) is 7.00. The molecule has 2 aromatic rings. The van der Waals surface area contributed by atoms with E-state index in [0.717, 1.165) is 0 Å². The van der Waals surface area contributed by atoms with Crippen molar-refractivity contribution in [2.75, 3.05) is 11.5 Å². The molecule has 18 heteroatoms. The zero-order valence-corrected chi connectivity index (χ0v) is 24.4. The van der Waals surface area contributed by atoms with Crippen LogP contribution in [0.2, 0.25) is 10.0 Å². The third-order valence-corrected chi connectivity index (χ3v) is 9.18. The Balaban J connectivity index is 1.29. The van der Waals surface area contributed by atoms with Gasteiger partial charge in [-0.1, -0.05) is 35.0 Å². The summed E-state index contributed by atoms with van der Waals surface area (Å²) in [4.78, 5) is 62.8. The van der Waals surface area contributed by atoms with Gasteiger partial charge in [0.2, 0.25) is 11.1 Å². The van der Waals surface area contributed by atoms with Gasteiger partial charge in [-0.15, -0.1) is 16.9 Å². The molecular formula is C23H23Cl2N7O7S2. The molecule has 1 fully saturated rings. The van der Waals surface area contributed by atoms with Crippen LogP contribution in [-0.2, 0) is 26.2 Å². The number of aryl methyl sites for hydroxylation is 1. The van der Waals surface area contributed by atoms with Gasteiger partial charge in [0.15, 0.2) is 0 Å². The number of benzene rings is 1. The second kappa shape index (κ2) is 13.1. The number of tetrazole rings is 1. The molecule has 1 aromatic carbocycles. The Labute approximate surface area is 251 Å². The third kappa shape index (κ3) is 6.94. The normalized spacial score (nSPS) is 18.8. The first kappa shape index (κ1) is 30.6. The van der Waals surface area contributed by atoms with E-state index in [1.165, 1.54) is 51.3 Å². The van der Waals surface area contributed by atoms with E-state index < -0.39 is 47.1 Å². The number of hydrogen-bond donors (Lipinski definition) is 4. The maximum absolute atomic E-state index is 12.9. The van der Waals surface area contributed by atoms with Gasteiger partial charge >= 0.3 is 11.9 Å². The smallest absolute Gasteiger partial charge is 0.352 e. The maximum atomic E-state index is 12.9. The van der Waals surface area contributed by atoms with Crippen LogP contribution in [0.5, 0.6) is 0 Å². The molecule has 41 heavy (non-hydrogen) atoms. The largest absolute Gasteiger partial charge is 0.480 e. The van der Waals surface area contributed by atoms with Gasteiger partial charge in [0.1, 0.15) is 23.2 Å². The molecule has 1 aromatic heterocycles. The van der Waals surface area contributed by atoms with Gasteiger partial charge in [-0.05, 0) is 47.0 Å². The van der Waals surface area contributed by atoms with Gasteiger partial charge in [-0.3, -0.25) is 19.3 Å². The number of fused-ring (bicyclic) bond motifs is 1. The lowest BCUT2D eigenvalue weighted by molar-refractivity contribution is -0.150. The molecule has 3 amide bonds. The average Bonchev–Trinajstić information content (AvgIpc) is 3.33. The fourth-order valence-electron chi connectivity index (χ4n) is 4.17. The standard InChI is InChI=1S/C23H23Cl2N7O7S2/c1-31-23(28-29-30-31)41-9-10-8-40-20-16(19(35)32(20)17(10)22(38)39)27-15(33)4-2-3-14(21(36)37)26-18(34)12-6-5-11(24)7-13(12)25/h5-7,14,16,20H,2-4,8-9H2,1H3,(H,26,34)(H,27,33)(H,36,37)(H,38,39)/t14?,16?,20-/m0/s1. The number of carbonyl (C=O) groups excluding carboxylic acids is 3. The van der Waals surface area contributed by atoms with E-state index in [0.29, 0.717) is 21.5 Å². The number of hydrogen-bond acceptors (Lipinski definition) is 10. The molecule has 0 saturated carbocycles. The van der Waals surface area contributed by atoms with Crippen molar-refractivity contribution in [3.8, 4) is 0 Å². The Kier molecular flexibility index (Phi) is 9.78. The number of carboxylic acids is 2. The summed E-state index contributed by atoms with van der Waals surface area (Å²) >= 11 is 14.4. The molecular weight excluding hydrogens is 621 g/mol. The number of amides is 3. The third-order valence-electron chi connectivity index (χ3n) is 6.20. The fraction of sp³-hybridized carbons (Fsp3) is 0.391. The second-order valence-corrected chi connectivity index (χ2v) is 11.9. The van der Waals surface area contributed by atoms with Crippen LogP contribution < -0.4 is 10.6 Å². The Bertz CT molecular complexity index is 1440. The van der Waals surface area contributed by atoms with Crippen molar-refractivity contribution in [2.24, 2.45) is 7.05 Å². The van der Waals surface area contributed by atoms with Crippen molar-refractivity contribution in [2.45, 2.75) is 41.9 Å². The van der Waals surface area contributed by atoms with Crippen LogP contribution in [0.1, 0.15) is 29.6 Å². The predicted octanol–water partition coefficient (Wildman–Crippen LogP) is 1.40. The minimum atomic E-state index is -1.29. The molecule has 0 aliphatic carbocycles. The molecule has 4 N–H and O–H groups in total. The Morgan fingerprint density at radius 2 is 2.00 bits per heavy atom. The monoisotopic (exact) mass is 643 g/mol. The molecule has 3 atom stereocenters.